The summed E-state index contributed by atoms with van der Waals surface area (Å²) in [6, 6.07) is 0.954. The van der Waals surface area contributed by atoms with Crippen LogP contribution in [-0.4, -0.2) is 68.6 Å². The van der Waals surface area contributed by atoms with Crippen molar-refractivity contribution in [3.05, 3.63) is 17.5 Å². The molecule has 1 atom stereocenters. The van der Waals surface area contributed by atoms with Gasteiger partial charge in [0.1, 0.15) is 17.3 Å². The minimum Gasteiger partial charge on any atom is -0.474 e. The monoisotopic (exact) mass is 507 g/mol. The number of ether oxygens (including phenoxy) is 1. The van der Waals surface area contributed by atoms with Gasteiger partial charge in [0.05, 0.1) is 18.3 Å². The van der Waals surface area contributed by atoms with E-state index >= 15 is 0 Å². The molecule has 0 spiro atoms. The van der Waals surface area contributed by atoms with Crippen LogP contribution in [0.3, 0.4) is 0 Å². The maximum Gasteiger partial charge on any atom is 0.435 e. The number of carbonyl (C=O) groups is 1. The van der Waals surface area contributed by atoms with Crippen molar-refractivity contribution in [2.24, 2.45) is 0 Å². The van der Waals surface area contributed by atoms with Crippen molar-refractivity contribution in [3.63, 3.8) is 0 Å². The van der Waals surface area contributed by atoms with E-state index in [0.717, 1.165) is 37.4 Å². The number of carbonyl (C=O) groups excluding carboxylic acids is 1. The molecule has 2 aliphatic heterocycles. The predicted octanol–water partition coefficient (Wildman–Crippen LogP) is 2.53. The van der Waals surface area contributed by atoms with Crippen LogP contribution in [0.2, 0.25) is 0 Å². The smallest absolute Gasteiger partial charge is 0.435 e. The first kappa shape index (κ1) is 23.3. The van der Waals surface area contributed by atoms with E-state index in [4.69, 9.17) is 9.72 Å². The van der Waals surface area contributed by atoms with Crippen molar-refractivity contribution in [2.45, 2.75) is 75.4 Å². The number of hydrogen-bond donors (Lipinski definition) is 2. The lowest BCUT2D eigenvalue weighted by Crippen LogP contribution is -2.64. The van der Waals surface area contributed by atoms with Crippen LogP contribution in [0.25, 0.3) is 0 Å². The Morgan fingerprint density at radius 1 is 1.28 bits per heavy atom. The molecule has 2 N–H and O–H groups in total. The van der Waals surface area contributed by atoms with Crippen LogP contribution in [0.4, 0.5) is 30.6 Å². The number of likely N-dealkylation sites (N-methyl/N-ethyl adjacent to an activating group) is 1. The number of aliphatic hydroxyl groups is 1. The van der Waals surface area contributed by atoms with Gasteiger partial charge in [0, 0.05) is 38.5 Å². The quantitative estimate of drug-likeness (QED) is 0.614. The zero-order chi connectivity index (χ0) is 25.4. The summed E-state index contributed by atoms with van der Waals surface area (Å²) in [5, 5.41) is 17.0. The second-order valence-corrected chi connectivity index (χ2v) is 10.3. The van der Waals surface area contributed by atoms with Crippen LogP contribution in [0, 0.1) is 0 Å². The van der Waals surface area contributed by atoms with Gasteiger partial charge in [0.2, 0.25) is 11.8 Å². The van der Waals surface area contributed by atoms with Crippen LogP contribution >= 0.6 is 0 Å². The third-order valence-electron chi connectivity index (χ3n) is 7.67. The molecule has 13 heteroatoms. The Balaban J connectivity index is 1.17. The summed E-state index contributed by atoms with van der Waals surface area (Å²) >= 11 is 0. The van der Waals surface area contributed by atoms with E-state index in [-0.39, 0.29) is 36.6 Å². The van der Waals surface area contributed by atoms with Crippen LogP contribution in [0.15, 0.2) is 6.07 Å². The van der Waals surface area contributed by atoms with Crippen molar-refractivity contribution in [1.29, 1.82) is 0 Å². The van der Waals surface area contributed by atoms with Crippen LogP contribution in [-0.2, 0) is 17.4 Å². The highest BCUT2D eigenvalue weighted by molar-refractivity contribution is 6.08. The first-order valence-electron chi connectivity index (χ1n) is 12.3. The Kier molecular flexibility index (Phi) is 5.15. The van der Waals surface area contributed by atoms with E-state index < -0.39 is 17.4 Å². The Morgan fingerprint density at radius 2 is 2.03 bits per heavy atom. The summed E-state index contributed by atoms with van der Waals surface area (Å²) < 4.78 is 46.7. The van der Waals surface area contributed by atoms with Gasteiger partial charge in [-0.25, -0.2) is 9.67 Å². The minimum absolute atomic E-state index is 0.000851. The van der Waals surface area contributed by atoms with Gasteiger partial charge in [-0.05, 0) is 32.6 Å². The summed E-state index contributed by atoms with van der Waals surface area (Å²) in [6.45, 7) is 1.93. The molecular weight excluding hydrogens is 479 g/mol. The Morgan fingerprint density at radius 3 is 2.69 bits per heavy atom. The zero-order valence-electron chi connectivity index (χ0n) is 20.0. The van der Waals surface area contributed by atoms with Crippen molar-refractivity contribution < 1.29 is 27.8 Å². The number of aliphatic hydroxyl groups excluding tert-OH is 1. The standard InChI is InChI=1S/C23H28F3N7O3/c1-22(11-34)20(35)32-7-3-4-15-18(32)19(31(22)2)29-21(28-15)27-12-8-14(9-12)36-17-10-16(23(24,25)26)30-33(17)13-5-6-13/h10,12-14,34H,3-9,11H2,1-2H3,(H,27,28,29)/t12-,14-,22-/m0/s1. The topological polar surface area (TPSA) is 109 Å². The Labute approximate surface area is 205 Å². The molecule has 2 aromatic heterocycles. The van der Waals surface area contributed by atoms with Crippen molar-refractivity contribution in [1.82, 2.24) is 19.7 Å². The highest BCUT2D eigenvalue weighted by Gasteiger charge is 2.49. The Hall–Kier alpha value is -3.09. The minimum atomic E-state index is -4.51. The molecule has 36 heavy (non-hydrogen) atoms. The molecule has 0 bridgehead atoms. The molecule has 2 aliphatic carbocycles. The molecule has 6 rings (SSSR count). The highest BCUT2D eigenvalue weighted by atomic mass is 19.4. The van der Waals surface area contributed by atoms with Gasteiger partial charge in [-0.3, -0.25) is 4.79 Å². The fourth-order valence-electron chi connectivity index (χ4n) is 5.12. The number of hydrogen-bond acceptors (Lipinski definition) is 8. The molecule has 2 fully saturated rings. The molecule has 194 valence electrons. The van der Waals surface area contributed by atoms with E-state index in [1.54, 1.807) is 23.8 Å². The van der Waals surface area contributed by atoms with Crippen LogP contribution < -0.4 is 19.9 Å². The summed E-state index contributed by atoms with van der Waals surface area (Å²) in [5.41, 5.74) is -0.549. The molecule has 4 heterocycles. The molecule has 2 aromatic rings. The molecule has 0 aromatic carbocycles. The molecule has 4 aliphatic rings. The van der Waals surface area contributed by atoms with E-state index in [0.29, 0.717) is 36.8 Å². The van der Waals surface area contributed by atoms with Gasteiger partial charge in [-0.1, -0.05) is 0 Å². The number of aromatic nitrogens is 4. The maximum absolute atomic E-state index is 13.1. The van der Waals surface area contributed by atoms with Gasteiger partial charge in [-0.15, -0.1) is 0 Å². The SMILES string of the molecule is CN1c2nc(N[C@H]3C[C@H](Oc4cc(C(F)(F)F)nn4C4CC4)C3)nc3c2N(CCC3)C(=O)[C@]1(C)CO. The lowest BCUT2D eigenvalue weighted by Gasteiger charge is -2.48. The summed E-state index contributed by atoms with van der Waals surface area (Å²) in [6.07, 6.45) is -0.481. The molecule has 0 unspecified atom stereocenters. The zero-order valence-corrected chi connectivity index (χ0v) is 20.0. The fraction of sp³-hybridized carbons (Fsp3) is 0.652. The van der Waals surface area contributed by atoms with E-state index in [9.17, 15) is 23.1 Å². The lowest BCUT2D eigenvalue weighted by molar-refractivity contribution is -0.141. The number of amides is 1. The number of nitrogens with zero attached hydrogens (tertiary/aromatic N) is 6. The second-order valence-electron chi connectivity index (χ2n) is 10.3. The number of alkyl halides is 3. The first-order valence-corrected chi connectivity index (χ1v) is 12.3. The van der Waals surface area contributed by atoms with Crippen molar-refractivity contribution in [3.8, 4) is 5.88 Å². The van der Waals surface area contributed by atoms with Crippen LogP contribution in [0.1, 0.15) is 56.5 Å². The van der Waals surface area contributed by atoms with E-state index in [2.05, 4.69) is 15.4 Å². The van der Waals surface area contributed by atoms with Crippen molar-refractivity contribution in [2.75, 3.05) is 35.3 Å². The van der Waals surface area contributed by atoms with Gasteiger partial charge >= 0.3 is 6.18 Å². The molecule has 2 saturated carbocycles. The molecular formula is C23H28F3N7O3. The largest absolute Gasteiger partial charge is 0.474 e. The van der Waals surface area contributed by atoms with E-state index in [1.165, 1.54) is 4.68 Å². The van der Waals surface area contributed by atoms with Crippen LogP contribution in [0.5, 0.6) is 5.88 Å². The summed E-state index contributed by atoms with van der Waals surface area (Å²) in [4.78, 5) is 25.8. The summed E-state index contributed by atoms with van der Waals surface area (Å²) in [7, 11) is 1.75. The summed E-state index contributed by atoms with van der Waals surface area (Å²) in [5.74, 6) is 1.03. The molecule has 1 amide bonds. The van der Waals surface area contributed by atoms with Gasteiger partial charge < -0.3 is 25.0 Å². The molecule has 0 saturated heterocycles. The molecule has 0 radical (unpaired) electrons. The third-order valence-corrected chi connectivity index (χ3v) is 7.67. The third kappa shape index (κ3) is 3.66. The fourth-order valence-corrected chi connectivity index (χ4v) is 5.12. The lowest BCUT2D eigenvalue weighted by atomic mass is 9.89. The number of anilines is 3. The number of nitrogens with one attached hydrogen (secondary N) is 1. The van der Waals surface area contributed by atoms with Gasteiger partial charge in [0.25, 0.3) is 5.91 Å². The normalized spacial score (nSPS) is 27.6. The number of rotatable bonds is 6. The number of halogens is 3. The maximum atomic E-state index is 13.1. The van der Waals surface area contributed by atoms with Gasteiger partial charge in [0.15, 0.2) is 11.5 Å². The number of aryl methyl sites for hydroxylation is 1. The predicted molar refractivity (Wildman–Crippen MR) is 123 cm³/mol. The first-order chi connectivity index (χ1) is 17.1. The second kappa shape index (κ2) is 7.95. The average Bonchev–Trinajstić information content (AvgIpc) is 3.57. The average molecular weight is 508 g/mol. The van der Waals surface area contributed by atoms with Crippen molar-refractivity contribution >= 4 is 23.4 Å². The highest BCUT2D eigenvalue weighted by Crippen LogP contribution is 2.44. The van der Waals surface area contributed by atoms with E-state index in [1.807, 2.05) is 0 Å². The Bertz CT molecular complexity index is 1210. The molecule has 10 nitrogen and oxygen atoms in total. The van der Waals surface area contributed by atoms with Gasteiger partial charge in [-0.2, -0.15) is 23.3 Å².